The molecule has 144 valence electrons. The molecule has 1 saturated heterocycles. The van der Waals surface area contributed by atoms with Gasteiger partial charge >= 0.3 is 12.1 Å². The van der Waals surface area contributed by atoms with Gasteiger partial charge in [-0.2, -0.15) is 0 Å². The van der Waals surface area contributed by atoms with Crippen molar-refractivity contribution in [1.82, 2.24) is 10.2 Å². The number of amides is 3. The van der Waals surface area contributed by atoms with Crippen molar-refractivity contribution in [2.45, 2.75) is 46.1 Å². The van der Waals surface area contributed by atoms with E-state index >= 15 is 0 Å². The van der Waals surface area contributed by atoms with Gasteiger partial charge in [-0.25, -0.2) is 9.59 Å². The van der Waals surface area contributed by atoms with E-state index in [1.807, 2.05) is 58.0 Å². The third-order valence-corrected chi connectivity index (χ3v) is 4.25. The van der Waals surface area contributed by atoms with Gasteiger partial charge in [-0.3, -0.25) is 4.90 Å². The van der Waals surface area contributed by atoms with Crippen molar-refractivity contribution in [3.05, 3.63) is 30.3 Å². The Balaban J connectivity index is 2.05. The zero-order valence-electron chi connectivity index (χ0n) is 16.3. The number of rotatable bonds is 4. The highest BCUT2D eigenvalue weighted by Gasteiger charge is 2.29. The number of carbonyl (C=O) groups excluding carboxylic acids is 2. The van der Waals surface area contributed by atoms with Gasteiger partial charge < -0.3 is 15.0 Å². The molecule has 1 aliphatic rings. The minimum atomic E-state index is -0.499. The molecule has 26 heavy (non-hydrogen) atoms. The van der Waals surface area contributed by atoms with Gasteiger partial charge in [0.1, 0.15) is 5.60 Å². The van der Waals surface area contributed by atoms with Gasteiger partial charge in [0.2, 0.25) is 0 Å². The molecule has 1 N–H and O–H groups in total. The maximum Gasteiger partial charge on any atom is 0.410 e. The van der Waals surface area contributed by atoms with E-state index < -0.39 is 5.60 Å². The van der Waals surface area contributed by atoms with Crippen LogP contribution in [0.4, 0.5) is 15.3 Å². The van der Waals surface area contributed by atoms with E-state index in [1.165, 1.54) is 0 Å². The van der Waals surface area contributed by atoms with Gasteiger partial charge in [0.05, 0.1) is 0 Å². The second kappa shape index (κ2) is 8.92. The average molecular weight is 361 g/mol. The van der Waals surface area contributed by atoms with Crippen molar-refractivity contribution in [1.29, 1.82) is 0 Å². The van der Waals surface area contributed by atoms with Gasteiger partial charge in [-0.1, -0.05) is 18.2 Å². The van der Waals surface area contributed by atoms with Crippen LogP contribution >= 0.6 is 0 Å². The zero-order valence-corrected chi connectivity index (χ0v) is 16.3. The summed E-state index contributed by atoms with van der Waals surface area (Å²) in [7, 11) is 0. The van der Waals surface area contributed by atoms with Crippen LogP contribution in [0.5, 0.6) is 0 Å². The molecule has 6 nitrogen and oxygen atoms in total. The molecule has 0 radical (unpaired) electrons. The smallest absolute Gasteiger partial charge is 0.410 e. The fraction of sp³-hybridized carbons (Fsp3) is 0.600. The largest absolute Gasteiger partial charge is 0.444 e. The van der Waals surface area contributed by atoms with E-state index in [4.69, 9.17) is 4.74 Å². The van der Waals surface area contributed by atoms with Gasteiger partial charge in [-0.05, 0) is 58.6 Å². The summed E-state index contributed by atoms with van der Waals surface area (Å²) < 4.78 is 5.50. The maximum absolute atomic E-state index is 12.5. The molecule has 1 heterocycles. The van der Waals surface area contributed by atoms with Crippen molar-refractivity contribution in [3.8, 4) is 0 Å². The minimum absolute atomic E-state index is 0.104. The van der Waals surface area contributed by atoms with Crippen molar-refractivity contribution in [3.63, 3.8) is 0 Å². The van der Waals surface area contributed by atoms with Crippen LogP contribution in [0.3, 0.4) is 0 Å². The summed E-state index contributed by atoms with van der Waals surface area (Å²) in [4.78, 5) is 28.4. The van der Waals surface area contributed by atoms with Gasteiger partial charge in [0.25, 0.3) is 0 Å². The fourth-order valence-corrected chi connectivity index (χ4v) is 3.12. The van der Waals surface area contributed by atoms with Crippen LogP contribution in [0.15, 0.2) is 30.3 Å². The lowest BCUT2D eigenvalue weighted by Gasteiger charge is -2.36. The monoisotopic (exact) mass is 361 g/mol. The molecular formula is C20H31N3O3. The van der Waals surface area contributed by atoms with Crippen LogP contribution in [0, 0.1) is 5.92 Å². The van der Waals surface area contributed by atoms with E-state index in [-0.39, 0.29) is 18.0 Å². The van der Waals surface area contributed by atoms with Crippen LogP contribution < -0.4 is 10.2 Å². The number of likely N-dealkylation sites (tertiary alicyclic amines) is 1. The molecule has 3 amide bonds. The summed E-state index contributed by atoms with van der Waals surface area (Å²) in [5.74, 6) is 0.221. The molecule has 1 aromatic carbocycles. The molecule has 2 rings (SSSR count). The molecule has 0 bridgehead atoms. The molecular weight excluding hydrogens is 330 g/mol. The van der Waals surface area contributed by atoms with Crippen molar-refractivity contribution >= 4 is 17.8 Å². The molecule has 0 aromatic heterocycles. The van der Waals surface area contributed by atoms with Gasteiger partial charge in [0.15, 0.2) is 0 Å². The second-order valence-corrected chi connectivity index (χ2v) is 7.72. The number of nitrogens with zero attached hydrogens (tertiary/aromatic N) is 2. The number of ether oxygens (including phenoxy) is 1. The third kappa shape index (κ3) is 5.93. The Kier molecular flexibility index (Phi) is 6.89. The normalized spacial score (nSPS) is 17.5. The second-order valence-electron chi connectivity index (χ2n) is 7.72. The SMILES string of the molecule is CCNC(=O)N(CC1CCCN(C(=O)OC(C)(C)C)C1)c1ccccc1. The highest BCUT2D eigenvalue weighted by atomic mass is 16.6. The Bertz CT molecular complexity index is 598. The summed E-state index contributed by atoms with van der Waals surface area (Å²) in [6.45, 7) is 10.0. The van der Waals surface area contributed by atoms with E-state index in [0.29, 0.717) is 26.2 Å². The maximum atomic E-state index is 12.5. The Morgan fingerprint density at radius 3 is 2.58 bits per heavy atom. The van der Waals surface area contributed by atoms with Crippen molar-refractivity contribution < 1.29 is 14.3 Å². The standard InChI is InChI=1S/C20H31N3O3/c1-5-21-18(24)23(17-11-7-6-8-12-17)15-16-10-9-13-22(14-16)19(25)26-20(2,3)4/h6-8,11-12,16H,5,9-10,13-15H2,1-4H3,(H,21,24). The van der Waals surface area contributed by atoms with Crippen LogP contribution in [0.25, 0.3) is 0 Å². The van der Waals surface area contributed by atoms with E-state index in [2.05, 4.69) is 5.32 Å². The number of urea groups is 1. The first-order chi connectivity index (χ1) is 12.3. The molecule has 0 spiro atoms. The lowest BCUT2D eigenvalue weighted by atomic mass is 9.97. The number of piperidine rings is 1. The zero-order chi connectivity index (χ0) is 19.2. The Hall–Kier alpha value is -2.24. The number of hydrogen-bond acceptors (Lipinski definition) is 3. The molecule has 6 heteroatoms. The number of hydrogen-bond donors (Lipinski definition) is 1. The quantitative estimate of drug-likeness (QED) is 0.885. The average Bonchev–Trinajstić information content (AvgIpc) is 2.59. The molecule has 1 aliphatic heterocycles. The molecule has 0 aliphatic carbocycles. The molecule has 1 fully saturated rings. The fourth-order valence-electron chi connectivity index (χ4n) is 3.12. The molecule has 0 saturated carbocycles. The van der Waals surface area contributed by atoms with Crippen LogP contribution in [-0.2, 0) is 4.74 Å². The van der Waals surface area contributed by atoms with Gasteiger partial charge in [-0.15, -0.1) is 0 Å². The molecule has 1 aromatic rings. The number of carbonyl (C=O) groups is 2. The number of para-hydroxylation sites is 1. The number of nitrogens with one attached hydrogen (secondary N) is 1. The first kappa shape index (κ1) is 20.1. The Labute approximate surface area is 156 Å². The molecule has 1 unspecified atom stereocenters. The first-order valence-electron chi connectivity index (χ1n) is 9.38. The number of benzene rings is 1. The third-order valence-electron chi connectivity index (χ3n) is 4.25. The predicted molar refractivity (Wildman–Crippen MR) is 103 cm³/mol. The number of anilines is 1. The predicted octanol–water partition coefficient (Wildman–Crippen LogP) is 3.87. The molecule has 1 atom stereocenters. The van der Waals surface area contributed by atoms with Crippen LogP contribution in [-0.4, -0.2) is 48.8 Å². The highest BCUT2D eigenvalue weighted by molar-refractivity contribution is 5.91. The topological polar surface area (TPSA) is 61.9 Å². The Morgan fingerprint density at radius 2 is 1.96 bits per heavy atom. The van der Waals surface area contributed by atoms with E-state index in [1.54, 1.807) is 9.80 Å². The summed E-state index contributed by atoms with van der Waals surface area (Å²) in [5.41, 5.74) is 0.369. The first-order valence-corrected chi connectivity index (χ1v) is 9.38. The summed E-state index contributed by atoms with van der Waals surface area (Å²) in [5, 5.41) is 2.88. The summed E-state index contributed by atoms with van der Waals surface area (Å²) in [6, 6.07) is 9.55. The minimum Gasteiger partial charge on any atom is -0.444 e. The highest BCUT2D eigenvalue weighted by Crippen LogP contribution is 2.23. The van der Waals surface area contributed by atoms with E-state index in [9.17, 15) is 9.59 Å². The lowest BCUT2D eigenvalue weighted by Crippen LogP contribution is -2.48. The lowest BCUT2D eigenvalue weighted by molar-refractivity contribution is 0.0170. The summed E-state index contributed by atoms with van der Waals surface area (Å²) >= 11 is 0. The van der Waals surface area contributed by atoms with Crippen molar-refractivity contribution in [2.75, 3.05) is 31.1 Å². The Morgan fingerprint density at radius 1 is 1.27 bits per heavy atom. The van der Waals surface area contributed by atoms with Crippen LogP contribution in [0.2, 0.25) is 0 Å². The van der Waals surface area contributed by atoms with Crippen LogP contribution in [0.1, 0.15) is 40.5 Å². The van der Waals surface area contributed by atoms with Gasteiger partial charge in [0, 0.05) is 31.9 Å². The van der Waals surface area contributed by atoms with E-state index in [0.717, 1.165) is 18.5 Å². The van der Waals surface area contributed by atoms with Crippen molar-refractivity contribution in [2.24, 2.45) is 5.92 Å². The summed E-state index contributed by atoms with van der Waals surface area (Å²) in [6.07, 6.45) is 1.63.